The fourth-order valence-electron chi connectivity index (χ4n) is 3.49. The summed E-state index contributed by atoms with van der Waals surface area (Å²) in [6.45, 7) is 1.64. The topological polar surface area (TPSA) is 151 Å². The van der Waals surface area contributed by atoms with Gasteiger partial charge in [0.25, 0.3) is 10.0 Å². The molecule has 0 saturated heterocycles. The second-order valence-electron chi connectivity index (χ2n) is 7.45. The number of benzene rings is 3. The number of anilines is 1. The maximum absolute atomic E-state index is 13.5. The Morgan fingerprint density at radius 1 is 1.09 bits per heavy atom. The number of carbonyl (C=O) groups is 1. The monoisotopic (exact) mass is 555 g/mol. The van der Waals surface area contributed by atoms with E-state index >= 15 is 0 Å². The van der Waals surface area contributed by atoms with E-state index in [-0.39, 0.29) is 21.3 Å². The summed E-state index contributed by atoms with van der Waals surface area (Å²) >= 11 is 11.9. The van der Waals surface area contributed by atoms with E-state index in [1.54, 1.807) is 25.1 Å². The molecule has 0 unspecified atom stereocenters. The van der Waals surface area contributed by atoms with Crippen LogP contribution in [0.15, 0.2) is 57.9 Å². The van der Waals surface area contributed by atoms with Crippen LogP contribution in [0.1, 0.15) is 16.2 Å². The van der Waals surface area contributed by atoms with Gasteiger partial charge in [-0.1, -0.05) is 46.6 Å². The second-order valence-corrected chi connectivity index (χ2v) is 11.8. The van der Waals surface area contributed by atoms with Gasteiger partial charge in [0.2, 0.25) is 11.7 Å². The second kappa shape index (κ2) is 9.34. The van der Waals surface area contributed by atoms with Crippen LogP contribution in [0.4, 0.5) is 5.69 Å². The zero-order valence-electron chi connectivity index (χ0n) is 17.8. The summed E-state index contributed by atoms with van der Waals surface area (Å²) in [7, 11) is -9.53. The molecule has 182 valence electrons. The number of rotatable bonds is 7. The minimum absolute atomic E-state index is 0.00515. The number of aldehydes is 1. The molecule has 0 aliphatic carbocycles. The van der Waals surface area contributed by atoms with Crippen molar-refractivity contribution in [1.29, 1.82) is 0 Å². The molecule has 0 aliphatic heterocycles. The Kier molecular flexibility index (Phi) is 6.76. The molecule has 35 heavy (non-hydrogen) atoms. The minimum Gasteiger partial charge on any atom is -0.339 e. The molecule has 0 bridgehead atoms. The number of hydrogen-bond donors (Lipinski definition) is 2. The van der Waals surface area contributed by atoms with E-state index in [4.69, 9.17) is 27.7 Å². The molecule has 0 amide bonds. The minimum atomic E-state index is -4.93. The van der Waals surface area contributed by atoms with Crippen molar-refractivity contribution in [2.24, 2.45) is 0 Å². The average Bonchev–Trinajstić information content (AvgIpc) is 3.21. The molecule has 0 fully saturated rings. The van der Waals surface area contributed by atoms with Crippen molar-refractivity contribution in [3.05, 3.63) is 70.0 Å². The summed E-state index contributed by atoms with van der Waals surface area (Å²) < 4.78 is 44.4. The molecule has 2 N–H and O–H groups in total. The molecule has 0 aliphatic rings. The zero-order valence-corrected chi connectivity index (χ0v) is 21.0. The van der Waals surface area contributed by atoms with E-state index in [0.717, 1.165) is 12.1 Å². The van der Waals surface area contributed by atoms with Crippen LogP contribution in [0, 0.1) is 6.92 Å². The first-order chi connectivity index (χ1) is 16.4. The summed E-state index contributed by atoms with van der Waals surface area (Å²) in [5.74, 6) is 0.688. The highest BCUT2D eigenvalue weighted by atomic mass is 35.5. The van der Waals surface area contributed by atoms with E-state index < -0.39 is 28.8 Å². The van der Waals surface area contributed by atoms with Gasteiger partial charge >= 0.3 is 7.60 Å². The van der Waals surface area contributed by atoms with Crippen LogP contribution in [-0.2, 0) is 14.6 Å². The zero-order chi connectivity index (χ0) is 25.5. The third kappa shape index (κ3) is 5.25. The van der Waals surface area contributed by atoms with Crippen LogP contribution < -0.4 is 4.31 Å². The van der Waals surface area contributed by atoms with Crippen LogP contribution in [0.2, 0.25) is 10.0 Å². The predicted octanol–water partition coefficient (Wildman–Crippen LogP) is 4.65. The van der Waals surface area contributed by atoms with E-state index in [0.29, 0.717) is 38.6 Å². The molecule has 0 radical (unpaired) electrons. The first-order valence-electron chi connectivity index (χ1n) is 9.75. The highest BCUT2D eigenvalue weighted by molar-refractivity contribution is 7.93. The maximum Gasteiger partial charge on any atom is 0.345 e. The van der Waals surface area contributed by atoms with Crippen molar-refractivity contribution in [3.8, 4) is 11.4 Å². The average molecular weight is 556 g/mol. The molecule has 4 aromatic rings. The van der Waals surface area contributed by atoms with E-state index in [2.05, 4.69) is 10.1 Å². The van der Waals surface area contributed by atoms with Crippen LogP contribution in [0.5, 0.6) is 0 Å². The van der Waals surface area contributed by atoms with Gasteiger partial charge in [0.15, 0.2) is 6.29 Å². The number of aryl methyl sites for hydroxylation is 1. The highest BCUT2D eigenvalue weighted by Gasteiger charge is 2.33. The van der Waals surface area contributed by atoms with Gasteiger partial charge in [-0.3, -0.25) is 13.7 Å². The Morgan fingerprint density at radius 3 is 2.34 bits per heavy atom. The van der Waals surface area contributed by atoms with Crippen LogP contribution in [-0.4, -0.2) is 40.9 Å². The number of nitrogens with zero attached hydrogens (tertiary/aromatic N) is 3. The molecule has 0 spiro atoms. The van der Waals surface area contributed by atoms with Gasteiger partial charge in [-0.25, -0.2) is 8.42 Å². The van der Waals surface area contributed by atoms with Crippen molar-refractivity contribution in [2.75, 3.05) is 10.6 Å². The summed E-state index contributed by atoms with van der Waals surface area (Å²) in [4.78, 5) is 35.2. The fraction of sp³-hybridized carbons (Fsp3) is 0.0952. The Bertz CT molecular complexity index is 1600. The van der Waals surface area contributed by atoms with Gasteiger partial charge in [-0.05, 0) is 41.1 Å². The number of aromatic nitrogens is 2. The van der Waals surface area contributed by atoms with Crippen LogP contribution >= 0.6 is 30.8 Å². The lowest BCUT2D eigenvalue weighted by molar-refractivity contribution is 0.112. The molecule has 0 atom stereocenters. The Morgan fingerprint density at radius 2 is 1.77 bits per heavy atom. The first-order valence-corrected chi connectivity index (χ1v) is 13.7. The summed E-state index contributed by atoms with van der Waals surface area (Å²) in [5.41, 5.74) is 0.269. The molecule has 14 heteroatoms. The normalized spacial score (nSPS) is 12.1. The summed E-state index contributed by atoms with van der Waals surface area (Å²) in [5, 5.41) is 4.74. The van der Waals surface area contributed by atoms with Gasteiger partial charge in [0, 0.05) is 28.1 Å². The number of hydrogen-bond acceptors (Lipinski definition) is 7. The number of halogens is 2. The molecule has 4 rings (SSSR count). The Labute approximate surface area is 209 Å². The molecule has 0 saturated carbocycles. The number of carbonyl (C=O) groups excluding carboxylic acids is 1. The van der Waals surface area contributed by atoms with Crippen molar-refractivity contribution in [3.63, 3.8) is 0 Å². The highest BCUT2D eigenvalue weighted by Crippen LogP contribution is 2.42. The fourth-order valence-corrected chi connectivity index (χ4v) is 6.92. The van der Waals surface area contributed by atoms with Gasteiger partial charge in [0.1, 0.15) is 6.29 Å². The number of fused-ring (bicyclic) bond motifs is 1. The summed E-state index contributed by atoms with van der Waals surface area (Å²) in [6, 6.07) is 11.1. The third-order valence-electron chi connectivity index (χ3n) is 4.95. The third-order valence-corrected chi connectivity index (χ3v) is 7.96. The summed E-state index contributed by atoms with van der Waals surface area (Å²) in [6.07, 6.45) is -0.797. The SMILES string of the molecule is Cc1nc(-c2ccc3c(C=O)c(N(CP(=O)(O)O)S(=O)(=O)c4cc(Cl)cc(Cl)c4)ccc3c2)no1. The largest absolute Gasteiger partial charge is 0.345 e. The Balaban J connectivity index is 1.92. The molecule has 1 heterocycles. The van der Waals surface area contributed by atoms with E-state index in [1.165, 1.54) is 18.2 Å². The van der Waals surface area contributed by atoms with Gasteiger partial charge in [-0.15, -0.1) is 0 Å². The van der Waals surface area contributed by atoms with Gasteiger partial charge in [0.05, 0.1) is 10.6 Å². The number of sulfonamides is 1. The lowest BCUT2D eigenvalue weighted by atomic mass is 10.0. The first kappa shape index (κ1) is 25.3. The smallest absolute Gasteiger partial charge is 0.339 e. The Hall–Kier alpha value is -2.79. The molecular weight excluding hydrogens is 540 g/mol. The molecule has 10 nitrogen and oxygen atoms in total. The van der Waals surface area contributed by atoms with Crippen molar-refractivity contribution in [1.82, 2.24) is 10.1 Å². The van der Waals surface area contributed by atoms with Crippen molar-refractivity contribution in [2.45, 2.75) is 11.8 Å². The van der Waals surface area contributed by atoms with E-state index in [9.17, 15) is 27.6 Å². The van der Waals surface area contributed by atoms with Crippen molar-refractivity contribution >= 4 is 63.6 Å². The lowest BCUT2D eigenvalue weighted by Crippen LogP contribution is -2.33. The maximum atomic E-state index is 13.5. The predicted molar refractivity (Wildman–Crippen MR) is 130 cm³/mol. The molecule has 3 aromatic carbocycles. The molecule has 1 aromatic heterocycles. The standard InChI is InChI=1S/C21H16Cl2N3O7PS/c1-12-24-21(25-33-12)14-2-4-18-13(6-14)3-5-20(19(18)10-27)26(11-34(28,29)30)35(31,32)17-8-15(22)7-16(23)9-17/h2-10H,11H2,1H3,(H2,28,29,30). The van der Waals surface area contributed by atoms with Gasteiger partial charge in [-0.2, -0.15) is 4.98 Å². The van der Waals surface area contributed by atoms with E-state index in [1.807, 2.05) is 0 Å². The lowest BCUT2D eigenvalue weighted by Gasteiger charge is -2.26. The van der Waals surface area contributed by atoms with Crippen LogP contribution in [0.25, 0.3) is 22.2 Å². The molecular formula is C21H16Cl2N3O7PS. The quantitative estimate of drug-likeness (QED) is 0.245. The van der Waals surface area contributed by atoms with Gasteiger partial charge < -0.3 is 14.3 Å². The van der Waals surface area contributed by atoms with Crippen molar-refractivity contribution < 1.29 is 32.1 Å². The van der Waals surface area contributed by atoms with Crippen LogP contribution in [0.3, 0.4) is 0 Å².